The lowest BCUT2D eigenvalue weighted by Gasteiger charge is -2.12. The fraction of sp³-hybridized carbons (Fsp3) is 0.143. The molecule has 2 aromatic rings. The second kappa shape index (κ2) is 5.96. The number of para-hydroxylation sites is 1. The number of hydrogen-bond donors (Lipinski definition) is 1. The molecule has 0 bridgehead atoms. The molecule has 0 aliphatic rings. The Morgan fingerprint density at radius 1 is 1.17 bits per heavy atom. The number of anilines is 1. The Morgan fingerprint density at radius 3 is 2.61 bits per heavy atom. The maximum atomic E-state index is 6.17. The van der Waals surface area contributed by atoms with E-state index in [9.17, 15) is 0 Å². The summed E-state index contributed by atoms with van der Waals surface area (Å²) in [6.07, 6.45) is 0. The van der Waals surface area contributed by atoms with Gasteiger partial charge in [0.1, 0.15) is 0 Å². The van der Waals surface area contributed by atoms with Crippen LogP contribution in [-0.2, 0) is 6.54 Å². The van der Waals surface area contributed by atoms with Gasteiger partial charge in [-0.25, -0.2) is 0 Å². The predicted molar refractivity (Wildman–Crippen MR) is 82.7 cm³/mol. The molecule has 0 heterocycles. The average Bonchev–Trinajstić information content (AvgIpc) is 2.31. The summed E-state index contributed by atoms with van der Waals surface area (Å²) >= 11 is 15.6. The van der Waals surface area contributed by atoms with Gasteiger partial charge in [-0.05, 0) is 36.2 Å². The Labute approximate surface area is 125 Å². The van der Waals surface area contributed by atoms with E-state index in [0.717, 1.165) is 31.3 Å². The van der Waals surface area contributed by atoms with E-state index in [1.807, 2.05) is 43.3 Å². The lowest BCUT2D eigenvalue weighted by atomic mass is 10.2. The van der Waals surface area contributed by atoms with Crippen molar-refractivity contribution in [2.75, 3.05) is 5.32 Å². The predicted octanol–water partition coefficient (Wildman–Crippen LogP) is 5.68. The molecule has 0 saturated heterocycles. The highest BCUT2D eigenvalue weighted by Crippen LogP contribution is 2.27. The van der Waals surface area contributed by atoms with E-state index >= 15 is 0 Å². The third-order valence-corrected chi connectivity index (χ3v) is 3.98. The molecule has 2 aromatic carbocycles. The van der Waals surface area contributed by atoms with Crippen LogP contribution in [0.4, 0.5) is 5.69 Å². The number of benzene rings is 2. The average molecular weight is 345 g/mol. The standard InChI is InChI=1S/C14H12BrCl2N/c1-9-3-2-4-13(17)14(9)18-8-10-5-6-11(16)7-12(10)15/h2-7,18H,8H2,1H3. The maximum Gasteiger partial charge on any atom is 0.0640 e. The van der Waals surface area contributed by atoms with Gasteiger partial charge in [-0.3, -0.25) is 0 Å². The van der Waals surface area contributed by atoms with Gasteiger partial charge >= 0.3 is 0 Å². The summed E-state index contributed by atoms with van der Waals surface area (Å²) in [5.74, 6) is 0. The van der Waals surface area contributed by atoms with Gasteiger partial charge in [-0.2, -0.15) is 0 Å². The molecular weight excluding hydrogens is 333 g/mol. The van der Waals surface area contributed by atoms with E-state index in [1.54, 1.807) is 0 Å². The molecule has 0 spiro atoms. The zero-order valence-corrected chi connectivity index (χ0v) is 12.9. The van der Waals surface area contributed by atoms with Crippen LogP contribution in [-0.4, -0.2) is 0 Å². The zero-order chi connectivity index (χ0) is 13.1. The van der Waals surface area contributed by atoms with Crippen LogP contribution in [0.3, 0.4) is 0 Å². The minimum absolute atomic E-state index is 0.697. The highest BCUT2D eigenvalue weighted by atomic mass is 79.9. The Balaban J connectivity index is 2.16. The lowest BCUT2D eigenvalue weighted by Crippen LogP contribution is -2.02. The molecule has 18 heavy (non-hydrogen) atoms. The van der Waals surface area contributed by atoms with Crippen molar-refractivity contribution >= 4 is 44.8 Å². The van der Waals surface area contributed by atoms with Gasteiger partial charge < -0.3 is 5.32 Å². The van der Waals surface area contributed by atoms with Gasteiger partial charge in [-0.15, -0.1) is 0 Å². The quantitative estimate of drug-likeness (QED) is 0.755. The second-order valence-corrected chi connectivity index (χ2v) is 5.72. The van der Waals surface area contributed by atoms with Gasteiger partial charge in [0.15, 0.2) is 0 Å². The van der Waals surface area contributed by atoms with Crippen molar-refractivity contribution in [3.05, 3.63) is 62.0 Å². The summed E-state index contributed by atoms with van der Waals surface area (Å²) in [5.41, 5.74) is 3.24. The van der Waals surface area contributed by atoms with E-state index in [0.29, 0.717) is 6.54 Å². The molecule has 94 valence electrons. The molecule has 4 heteroatoms. The zero-order valence-electron chi connectivity index (χ0n) is 9.81. The Hall–Kier alpha value is -0.700. The largest absolute Gasteiger partial charge is 0.380 e. The smallest absolute Gasteiger partial charge is 0.0640 e. The van der Waals surface area contributed by atoms with Crippen LogP contribution in [0.2, 0.25) is 10.0 Å². The first-order valence-electron chi connectivity index (χ1n) is 5.51. The minimum Gasteiger partial charge on any atom is -0.380 e. The number of rotatable bonds is 3. The topological polar surface area (TPSA) is 12.0 Å². The molecule has 0 aliphatic carbocycles. The third kappa shape index (κ3) is 3.19. The summed E-state index contributed by atoms with van der Waals surface area (Å²) in [5, 5.41) is 4.81. The molecule has 0 radical (unpaired) electrons. The van der Waals surface area contributed by atoms with Crippen LogP contribution in [0, 0.1) is 6.92 Å². The molecule has 0 amide bonds. The van der Waals surface area contributed by atoms with Crippen LogP contribution in [0.15, 0.2) is 40.9 Å². The van der Waals surface area contributed by atoms with Crippen LogP contribution in [0.5, 0.6) is 0 Å². The Kier molecular flexibility index (Phi) is 4.55. The number of aryl methyl sites for hydroxylation is 1. The van der Waals surface area contributed by atoms with Crippen LogP contribution in [0.25, 0.3) is 0 Å². The van der Waals surface area contributed by atoms with Crippen molar-refractivity contribution in [2.45, 2.75) is 13.5 Å². The summed E-state index contributed by atoms with van der Waals surface area (Å²) in [6, 6.07) is 11.6. The molecule has 2 rings (SSSR count). The maximum absolute atomic E-state index is 6.17. The van der Waals surface area contributed by atoms with Gasteiger partial charge in [0, 0.05) is 16.0 Å². The number of halogens is 3. The fourth-order valence-electron chi connectivity index (χ4n) is 1.70. The first-order chi connectivity index (χ1) is 8.58. The van der Waals surface area contributed by atoms with Gasteiger partial charge in [0.05, 0.1) is 10.7 Å². The Bertz CT molecular complexity index is 549. The van der Waals surface area contributed by atoms with Gasteiger partial charge in [-0.1, -0.05) is 57.3 Å². The van der Waals surface area contributed by atoms with Crippen LogP contribution < -0.4 is 5.32 Å². The van der Waals surface area contributed by atoms with Crippen LogP contribution >= 0.6 is 39.1 Å². The summed E-state index contributed by atoms with van der Waals surface area (Å²) in [7, 11) is 0. The summed E-state index contributed by atoms with van der Waals surface area (Å²) < 4.78 is 0.993. The molecule has 0 unspecified atom stereocenters. The van der Waals surface area contributed by atoms with E-state index in [1.165, 1.54) is 0 Å². The van der Waals surface area contributed by atoms with E-state index in [4.69, 9.17) is 23.2 Å². The molecular formula is C14H12BrCl2N. The Morgan fingerprint density at radius 2 is 1.94 bits per heavy atom. The molecule has 0 fully saturated rings. The van der Waals surface area contributed by atoms with Crippen LogP contribution in [0.1, 0.15) is 11.1 Å². The molecule has 0 aliphatic heterocycles. The summed E-state index contributed by atoms with van der Waals surface area (Å²) in [6.45, 7) is 2.73. The molecule has 1 nitrogen and oxygen atoms in total. The van der Waals surface area contributed by atoms with Gasteiger partial charge in [0.25, 0.3) is 0 Å². The van der Waals surface area contributed by atoms with E-state index < -0.39 is 0 Å². The number of nitrogens with one attached hydrogen (secondary N) is 1. The van der Waals surface area contributed by atoms with Crippen molar-refractivity contribution in [3.8, 4) is 0 Å². The number of hydrogen-bond acceptors (Lipinski definition) is 1. The summed E-state index contributed by atoms with van der Waals surface area (Å²) in [4.78, 5) is 0. The van der Waals surface area contributed by atoms with Crippen molar-refractivity contribution in [2.24, 2.45) is 0 Å². The molecule has 0 aromatic heterocycles. The van der Waals surface area contributed by atoms with E-state index in [-0.39, 0.29) is 0 Å². The normalized spacial score (nSPS) is 10.4. The van der Waals surface area contributed by atoms with Crippen molar-refractivity contribution in [3.63, 3.8) is 0 Å². The third-order valence-electron chi connectivity index (χ3n) is 2.69. The SMILES string of the molecule is Cc1cccc(Cl)c1NCc1ccc(Cl)cc1Br. The molecule has 0 saturated carbocycles. The monoisotopic (exact) mass is 343 g/mol. The highest BCUT2D eigenvalue weighted by Gasteiger charge is 2.05. The van der Waals surface area contributed by atoms with Gasteiger partial charge in [0.2, 0.25) is 0 Å². The first kappa shape index (κ1) is 13.7. The highest BCUT2D eigenvalue weighted by molar-refractivity contribution is 9.10. The van der Waals surface area contributed by atoms with Crippen molar-refractivity contribution < 1.29 is 0 Å². The fourth-order valence-corrected chi connectivity index (χ4v) is 2.82. The first-order valence-corrected chi connectivity index (χ1v) is 7.06. The van der Waals surface area contributed by atoms with Crippen molar-refractivity contribution in [1.29, 1.82) is 0 Å². The minimum atomic E-state index is 0.697. The molecule has 0 atom stereocenters. The van der Waals surface area contributed by atoms with E-state index in [2.05, 4.69) is 21.2 Å². The second-order valence-electron chi connectivity index (χ2n) is 4.02. The lowest BCUT2D eigenvalue weighted by molar-refractivity contribution is 1.13. The van der Waals surface area contributed by atoms with Crippen molar-refractivity contribution in [1.82, 2.24) is 0 Å². The molecule has 1 N–H and O–H groups in total.